The molecule has 0 fully saturated rings. The van der Waals surface area contributed by atoms with Crippen molar-refractivity contribution >= 4 is 28.2 Å². The maximum atomic E-state index is 14.4. The topological polar surface area (TPSA) is 67.3 Å². The number of methoxy groups -OCH3 is 1. The second-order valence-corrected chi connectivity index (χ2v) is 9.17. The number of aryl methyl sites for hydroxylation is 1. The first-order valence-corrected chi connectivity index (χ1v) is 10.4. The molecular formula is C23H23ClF3N3O2. The molecule has 9 heteroatoms. The fourth-order valence-electron chi connectivity index (χ4n) is 4.72. The number of hydrogen-bond donors (Lipinski definition) is 2. The molecular weight excluding hydrogens is 443 g/mol. The minimum absolute atomic E-state index is 0.271. The molecule has 4 rings (SSSR count). The van der Waals surface area contributed by atoms with Crippen molar-refractivity contribution in [3.63, 3.8) is 0 Å². The number of alkyl halides is 3. The molecule has 170 valence electrons. The van der Waals surface area contributed by atoms with Gasteiger partial charge in [-0.05, 0) is 42.5 Å². The molecule has 5 nitrogen and oxygen atoms in total. The van der Waals surface area contributed by atoms with E-state index in [1.165, 1.54) is 19.2 Å². The molecule has 1 heterocycles. The fourth-order valence-corrected chi connectivity index (χ4v) is 4.96. The molecule has 0 amide bonds. The Morgan fingerprint density at radius 1 is 1.22 bits per heavy atom. The Hall–Kier alpha value is -2.58. The van der Waals surface area contributed by atoms with Crippen molar-refractivity contribution in [1.29, 1.82) is 0 Å². The lowest BCUT2D eigenvalue weighted by molar-refractivity contribution is -0.275. The number of rotatable bonds is 3. The molecule has 0 radical (unpaired) electrons. The van der Waals surface area contributed by atoms with Crippen molar-refractivity contribution in [2.24, 2.45) is 0 Å². The summed E-state index contributed by atoms with van der Waals surface area (Å²) in [5.41, 5.74) is -2.33. The van der Waals surface area contributed by atoms with E-state index in [4.69, 9.17) is 16.3 Å². The number of hydrogen-bond acceptors (Lipinski definition) is 5. The molecule has 1 aromatic heterocycles. The normalized spacial score (nSPS) is 22.5. The quantitative estimate of drug-likeness (QED) is 0.517. The Kier molecular flexibility index (Phi) is 5.29. The van der Waals surface area contributed by atoms with Crippen molar-refractivity contribution in [3.8, 4) is 5.75 Å². The maximum absolute atomic E-state index is 14.4. The van der Waals surface area contributed by atoms with Crippen molar-refractivity contribution in [2.75, 3.05) is 12.4 Å². The predicted octanol–water partition coefficient (Wildman–Crippen LogP) is 5.73. The van der Waals surface area contributed by atoms with Crippen LogP contribution in [-0.2, 0) is 5.41 Å². The van der Waals surface area contributed by atoms with Gasteiger partial charge < -0.3 is 15.2 Å². The Morgan fingerprint density at radius 3 is 2.59 bits per heavy atom. The van der Waals surface area contributed by atoms with Gasteiger partial charge in [-0.3, -0.25) is 0 Å². The molecule has 0 spiro atoms. The van der Waals surface area contributed by atoms with E-state index in [-0.39, 0.29) is 5.56 Å². The SMILES string of the molecule is COc1c(Cl)ccc2c1C(C)(C)C[C@](O)(C(F)(F)F)[C@@H]2Nc1cccc2nc(C)ncc12. The van der Waals surface area contributed by atoms with Crippen molar-refractivity contribution in [1.82, 2.24) is 9.97 Å². The molecule has 1 aliphatic rings. The molecule has 2 aromatic carbocycles. The first kappa shape index (κ1) is 22.6. The lowest BCUT2D eigenvalue weighted by Gasteiger charge is -2.49. The summed E-state index contributed by atoms with van der Waals surface area (Å²) in [6.45, 7) is 5.02. The largest absolute Gasteiger partial charge is 0.495 e. The molecule has 0 aliphatic heterocycles. The average molecular weight is 466 g/mol. The van der Waals surface area contributed by atoms with Crippen LogP contribution >= 0.6 is 11.6 Å². The van der Waals surface area contributed by atoms with Gasteiger partial charge in [0.05, 0.1) is 23.7 Å². The molecule has 2 N–H and O–H groups in total. The number of ether oxygens (including phenoxy) is 1. The second-order valence-electron chi connectivity index (χ2n) is 8.76. The highest BCUT2D eigenvalue weighted by atomic mass is 35.5. The summed E-state index contributed by atoms with van der Waals surface area (Å²) in [5, 5.41) is 15.0. The number of halogens is 4. The van der Waals surface area contributed by atoms with Gasteiger partial charge in [-0.1, -0.05) is 37.6 Å². The van der Waals surface area contributed by atoms with Gasteiger partial charge in [0.2, 0.25) is 0 Å². The van der Waals surface area contributed by atoms with Crippen LogP contribution in [0.2, 0.25) is 5.02 Å². The van der Waals surface area contributed by atoms with Crippen LogP contribution in [-0.4, -0.2) is 34.0 Å². The number of nitrogens with one attached hydrogen (secondary N) is 1. The molecule has 2 atom stereocenters. The van der Waals surface area contributed by atoms with Crippen LogP contribution in [0.3, 0.4) is 0 Å². The number of aliphatic hydroxyl groups is 1. The van der Waals surface area contributed by atoms with Crippen molar-refractivity contribution in [3.05, 3.63) is 58.5 Å². The molecule has 32 heavy (non-hydrogen) atoms. The van der Waals surface area contributed by atoms with Gasteiger partial charge in [0.1, 0.15) is 11.6 Å². The monoisotopic (exact) mass is 465 g/mol. The van der Waals surface area contributed by atoms with Crippen LogP contribution in [0.5, 0.6) is 5.75 Å². The third kappa shape index (κ3) is 3.46. The van der Waals surface area contributed by atoms with Crippen LogP contribution in [0, 0.1) is 6.92 Å². The third-order valence-corrected chi connectivity index (χ3v) is 6.36. The standard InChI is InChI=1S/C23H23ClF3N3O2/c1-12-28-10-14-16(29-12)6-5-7-17(14)30-20-13-8-9-15(24)19(32-4)18(13)21(2,3)11-22(20,31)23(25,26)27/h5-10,20,30-31H,11H2,1-4H3/t20-,22-/m1/s1. The van der Waals surface area contributed by atoms with E-state index in [1.54, 1.807) is 45.2 Å². The van der Waals surface area contributed by atoms with E-state index in [9.17, 15) is 18.3 Å². The first-order chi connectivity index (χ1) is 14.9. The van der Waals surface area contributed by atoms with Crippen LogP contribution in [0.4, 0.5) is 18.9 Å². The summed E-state index contributed by atoms with van der Waals surface area (Å²) in [6.07, 6.45) is -3.92. The summed E-state index contributed by atoms with van der Waals surface area (Å²) in [7, 11) is 1.43. The number of fused-ring (bicyclic) bond motifs is 2. The van der Waals surface area contributed by atoms with Crippen LogP contribution < -0.4 is 10.1 Å². The third-order valence-electron chi connectivity index (χ3n) is 6.06. The summed E-state index contributed by atoms with van der Waals surface area (Å²) < 4.78 is 48.6. The smallest absolute Gasteiger partial charge is 0.419 e. The Balaban J connectivity index is 1.97. The fraction of sp³-hybridized carbons (Fsp3) is 0.391. The van der Waals surface area contributed by atoms with Gasteiger partial charge in [0.25, 0.3) is 0 Å². The molecule has 0 unspecified atom stereocenters. The van der Waals surface area contributed by atoms with Crippen LogP contribution in [0.25, 0.3) is 10.9 Å². The zero-order valence-electron chi connectivity index (χ0n) is 18.0. The number of benzene rings is 2. The average Bonchev–Trinajstić information content (AvgIpc) is 2.69. The number of anilines is 1. The molecule has 0 bridgehead atoms. The number of nitrogens with zero attached hydrogens (tertiary/aromatic N) is 2. The maximum Gasteiger partial charge on any atom is 0.419 e. The molecule has 3 aromatic rings. The summed E-state index contributed by atoms with van der Waals surface area (Å²) in [6, 6.07) is 6.59. The highest BCUT2D eigenvalue weighted by molar-refractivity contribution is 6.32. The second kappa shape index (κ2) is 7.49. The van der Waals surface area contributed by atoms with E-state index < -0.39 is 29.7 Å². The van der Waals surface area contributed by atoms with Gasteiger partial charge in [-0.25, -0.2) is 9.97 Å². The van der Waals surface area contributed by atoms with Crippen molar-refractivity contribution < 1.29 is 23.0 Å². The molecule has 0 saturated carbocycles. The zero-order valence-corrected chi connectivity index (χ0v) is 18.8. The van der Waals surface area contributed by atoms with E-state index in [2.05, 4.69) is 15.3 Å². The number of aromatic nitrogens is 2. The highest BCUT2D eigenvalue weighted by Gasteiger charge is 2.64. The Morgan fingerprint density at radius 2 is 1.94 bits per heavy atom. The summed E-state index contributed by atoms with van der Waals surface area (Å²) in [4.78, 5) is 8.53. The zero-order chi connectivity index (χ0) is 23.5. The summed E-state index contributed by atoms with van der Waals surface area (Å²) in [5.74, 6) is 0.854. The lowest BCUT2D eigenvalue weighted by atomic mass is 9.63. The summed E-state index contributed by atoms with van der Waals surface area (Å²) >= 11 is 6.30. The van der Waals surface area contributed by atoms with E-state index in [0.29, 0.717) is 38.8 Å². The lowest BCUT2D eigenvalue weighted by Crippen LogP contribution is -2.58. The Labute approximate surface area is 188 Å². The van der Waals surface area contributed by atoms with Gasteiger partial charge >= 0.3 is 6.18 Å². The Bertz CT molecular complexity index is 1200. The first-order valence-electron chi connectivity index (χ1n) is 10.0. The van der Waals surface area contributed by atoms with Gasteiger partial charge in [-0.2, -0.15) is 13.2 Å². The van der Waals surface area contributed by atoms with E-state index >= 15 is 0 Å². The van der Waals surface area contributed by atoms with Crippen molar-refractivity contribution in [2.45, 2.75) is 50.4 Å². The van der Waals surface area contributed by atoms with Crippen LogP contribution in [0.1, 0.15) is 43.3 Å². The predicted molar refractivity (Wildman–Crippen MR) is 117 cm³/mol. The van der Waals surface area contributed by atoms with Gasteiger partial charge in [0, 0.05) is 22.8 Å². The molecule has 0 saturated heterocycles. The highest BCUT2D eigenvalue weighted by Crippen LogP contribution is 2.57. The molecule has 1 aliphatic carbocycles. The van der Waals surface area contributed by atoms with Gasteiger partial charge in [0.15, 0.2) is 5.60 Å². The van der Waals surface area contributed by atoms with Gasteiger partial charge in [-0.15, -0.1) is 0 Å². The minimum atomic E-state index is -4.90. The van der Waals surface area contributed by atoms with E-state index in [0.717, 1.165) is 0 Å². The van der Waals surface area contributed by atoms with Crippen LogP contribution in [0.15, 0.2) is 36.5 Å². The minimum Gasteiger partial charge on any atom is -0.495 e. The van der Waals surface area contributed by atoms with E-state index in [1.807, 2.05) is 0 Å².